The molecule has 2 N–H and O–H groups in total. The number of thioether (sulfide) groups is 1. The molecular formula is C17H20Cl2N4S. The quantitative estimate of drug-likeness (QED) is 0.807. The fourth-order valence-corrected chi connectivity index (χ4v) is 5.42. The highest BCUT2D eigenvalue weighted by molar-refractivity contribution is 7.99. The zero-order chi connectivity index (χ0) is 16.7. The largest absolute Gasteiger partial charge is 0.369 e. The van der Waals surface area contributed by atoms with Crippen molar-refractivity contribution in [3.8, 4) is 0 Å². The average Bonchev–Trinajstić information content (AvgIpc) is 3.12. The third kappa shape index (κ3) is 2.92. The summed E-state index contributed by atoms with van der Waals surface area (Å²) < 4.78 is 1.98. The Morgan fingerprint density at radius 3 is 2.92 bits per heavy atom. The fraction of sp³-hybridized carbons (Fsp3) is 0.471. The number of nitrogens with one attached hydrogen (secondary N) is 2. The molecule has 2 aliphatic rings. The van der Waals surface area contributed by atoms with E-state index >= 15 is 0 Å². The van der Waals surface area contributed by atoms with Gasteiger partial charge in [-0.3, -0.25) is 4.68 Å². The monoisotopic (exact) mass is 382 g/mol. The van der Waals surface area contributed by atoms with Crippen LogP contribution in [0.4, 0.5) is 5.82 Å². The minimum Gasteiger partial charge on any atom is -0.369 e. The van der Waals surface area contributed by atoms with Crippen LogP contribution >= 0.6 is 35.0 Å². The number of halogens is 2. The molecule has 2 aliphatic heterocycles. The number of anilines is 1. The van der Waals surface area contributed by atoms with Crippen LogP contribution in [0.5, 0.6) is 0 Å². The number of rotatable bonds is 2. The van der Waals surface area contributed by atoms with Gasteiger partial charge in [0.15, 0.2) is 0 Å². The third-order valence-electron chi connectivity index (χ3n) is 4.69. The van der Waals surface area contributed by atoms with Gasteiger partial charge in [-0.2, -0.15) is 5.10 Å². The Morgan fingerprint density at radius 1 is 1.29 bits per heavy atom. The molecule has 0 amide bonds. The first kappa shape index (κ1) is 16.6. The van der Waals surface area contributed by atoms with E-state index in [1.54, 1.807) is 0 Å². The van der Waals surface area contributed by atoms with Crippen molar-refractivity contribution in [2.45, 2.75) is 24.1 Å². The molecule has 0 saturated carbocycles. The number of hydrogen-bond acceptors (Lipinski definition) is 4. The highest BCUT2D eigenvalue weighted by Gasteiger charge is 2.33. The topological polar surface area (TPSA) is 41.9 Å². The highest BCUT2D eigenvalue weighted by Crippen LogP contribution is 2.47. The Balaban J connectivity index is 1.85. The smallest absolute Gasteiger partial charge is 0.129 e. The molecule has 0 spiro atoms. The van der Waals surface area contributed by atoms with Gasteiger partial charge in [-0.25, -0.2) is 0 Å². The summed E-state index contributed by atoms with van der Waals surface area (Å²) in [4.78, 5) is 0. The molecule has 1 saturated heterocycles. The van der Waals surface area contributed by atoms with Crippen LogP contribution in [-0.2, 0) is 7.05 Å². The second-order valence-corrected chi connectivity index (χ2v) is 8.32. The van der Waals surface area contributed by atoms with Crippen LogP contribution in [-0.4, -0.2) is 28.6 Å². The molecule has 2 unspecified atom stereocenters. The summed E-state index contributed by atoms with van der Waals surface area (Å²) in [5.41, 5.74) is 3.54. The Labute approximate surface area is 156 Å². The van der Waals surface area contributed by atoms with Crippen molar-refractivity contribution < 1.29 is 0 Å². The van der Waals surface area contributed by atoms with Gasteiger partial charge in [0.1, 0.15) is 5.82 Å². The van der Waals surface area contributed by atoms with Crippen molar-refractivity contribution in [3.05, 3.63) is 45.1 Å². The van der Waals surface area contributed by atoms with E-state index in [0.717, 1.165) is 47.4 Å². The van der Waals surface area contributed by atoms with Crippen molar-refractivity contribution >= 4 is 40.8 Å². The molecule has 1 fully saturated rings. The van der Waals surface area contributed by atoms with Gasteiger partial charge < -0.3 is 10.6 Å². The first-order chi connectivity index (χ1) is 11.6. The van der Waals surface area contributed by atoms with Crippen molar-refractivity contribution in [3.63, 3.8) is 0 Å². The van der Waals surface area contributed by atoms with Gasteiger partial charge in [-0.1, -0.05) is 29.3 Å². The molecule has 0 bridgehead atoms. The summed E-state index contributed by atoms with van der Waals surface area (Å²) in [6, 6.07) is 6.14. The lowest BCUT2D eigenvalue weighted by atomic mass is 9.99. The Bertz CT molecular complexity index is 755. The maximum Gasteiger partial charge on any atom is 0.129 e. The fourth-order valence-electron chi connectivity index (χ4n) is 3.59. The maximum absolute atomic E-state index is 6.54. The lowest BCUT2D eigenvalue weighted by Crippen LogP contribution is -2.16. The standard InChI is InChI=1S/C17H20Cl2N4S/c1-23-17-14(15(22-23)13-3-2-6-20-13)16(24-8-7-21-17)11-5-4-10(18)9-12(11)19/h4-5,9,13,16,20-21H,2-3,6-8H2,1H3. The van der Waals surface area contributed by atoms with E-state index in [1.807, 2.05) is 35.6 Å². The second kappa shape index (κ2) is 6.79. The van der Waals surface area contributed by atoms with Gasteiger partial charge in [0.2, 0.25) is 0 Å². The van der Waals surface area contributed by atoms with Crippen LogP contribution in [0.25, 0.3) is 0 Å². The minimum atomic E-state index is 0.172. The van der Waals surface area contributed by atoms with Crippen LogP contribution in [0.3, 0.4) is 0 Å². The number of benzene rings is 1. The lowest BCUT2D eigenvalue weighted by molar-refractivity contribution is 0.603. The summed E-state index contributed by atoms with van der Waals surface area (Å²) >= 11 is 14.6. The molecule has 2 atom stereocenters. The summed E-state index contributed by atoms with van der Waals surface area (Å²) in [5.74, 6) is 2.13. The summed E-state index contributed by atoms with van der Waals surface area (Å²) in [6.07, 6.45) is 2.33. The van der Waals surface area contributed by atoms with Crippen molar-refractivity contribution in [1.82, 2.24) is 15.1 Å². The normalized spacial score (nSPS) is 23.6. The van der Waals surface area contributed by atoms with E-state index in [1.165, 1.54) is 12.0 Å². The molecule has 0 radical (unpaired) electrons. The molecule has 24 heavy (non-hydrogen) atoms. The van der Waals surface area contributed by atoms with E-state index in [2.05, 4.69) is 16.7 Å². The van der Waals surface area contributed by atoms with Crippen LogP contribution in [0.15, 0.2) is 18.2 Å². The zero-order valence-electron chi connectivity index (χ0n) is 13.5. The SMILES string of the molecule is Cn1nc(C2CCCN2)c2c1NCCSC2c1ccc(Cl)cc1Cl. The predicted octanol–water partition coefficient (Wildman–Crippen LogP) is 4.40. The van der Waals surface area contributed by atoms with Crippen molar-refractivity contribution in [1.29, 1.82) is 0 Å². The number of fused-ring (bicyclic) bond motifs is 1. The van der Waals surface area contributed by atoms with Gasteiger partial charge in [0, 0.05) is 35.0 Å². The van der Waals surface area contributed by atoms with Crippen LogP contribution in [0.2, 0.25) is 10.0 Å². The number of aromatic nitrogens is 2. The van der Waals surface area contributed by atoms with Crippen LogP contribution in [0, 0.1) is 0 Å². The molecule has 4 rings (SSSR count). The predicted molar refractivity (Wildman–Crippen MR) is 102 cm³/mol. The van der Waals surface area contributed by atoms with Gasteiger partial charge in [0.05, 0.1) is 17.0 Å². The van der Waals surface area contributed by atoms with Gasteiger partial charge in [0.25, 0.3) is 0 Å². The number of aryl methyl sites for hydroxylation is 1. The first-order valence-electron chi connectivity index (χ1n) is 8.25. The zero-order valence-corrected chi connectivity index (χ0v) is 15.8. The molecule has 1 aromatic heterocycles. The van der Waals surface area contributed by atoms with E-state index in [4.69, 9.17) is 28.3 Å². The highest BCUT2D eigenvalue weighted by atomic mass is 35.5. The van der Waals surface area contributed by atoms with Crippen LogP contribution in [0.1, 0.15) is 41.0 Å². The summed E-state index contributed by atoms with van der Waals surface area (Å²) in [7, 11) is 2.01. The average molecular weight is 383 g/mol. The third-order valence-corrected chi connectivity index (χ3v) is 6.51. The molecule has 2 aromatic rings. The maximum atomic E-state index is 6.54. The molecule has 128 valence electrons. The molecule has 0 aliphatic carbocycles. The molecule has 7 heteroatoms. The summed E-state index contributed by atoms with van der Waals surface area (Å²) in [6.45, 7) is 1.99. The van der Waals surface area contributed by atoms with Crippen molar-refractivity contribution in [2.75, 3.05) is 24.2 Å². The lowest BCUT2D eigenvalue weighted by Gasteiger charge is -2.19. The Morgan fingerprint density at radius 2 is 2.17 bits per heavy atom. The first-order valence-corrected chi connectivity index (χ1v) is 10.1. The molecule has 4 nitrogen and oxygen atoms in total. The van der Waals surface area contributed by atoms with Gasteiger partial charge >= 0.3 is 0 Å². The Kier molecular flexibility index (Phi) is 4.69. The van der Waals surface area contributed by atoms with E-state index < -0.39 is 0 Å². The number of nitrogens with zero attached hydrogens (tertiary/aromatic N) is 2. The minimum absolute atomic E-state index is 0.172. The molecule has 3 heterocycles. The van der Waals surface area contributed by atoms with Gasteiger partial charge in [-0.05, 0) is 37.1 Å². The van der Waals surface area contributed by atoms with Gasteiger partial charge in [-0.15, -0.1) is 11.8 Å². The summed E-state index contributed by atoms with van der Waals surface area (Å²) in [5, 5.41) is 13.6. The van der Waals surface area contributed by atoms with E-state index in [0.29, 0.717) is 11.1 Å². The Hall–Kier alpha value is -0.880. The van der Waals surface area contributed by atoms with Crippen LogP contribution < -0.4 is 10.6 Å². The van der Waals surface area contributed by atoms with E-state index in [9.17, 15) is 0 Å². The molecular weight excluding hydrogens is 363 g/mol. The number of hydrogen-bond donors (Lipinski definition) is 2. The van der Waals surface area contributed by atoms with Crippen molar-refractivity contribution in [2.24, 2.45) is 7.05 Å². The molecule has 1 aromatic carbocycles. The second-order valence-electron chi connectivity index (χ2n) is 6.26. The van der Waals surface area contributed by atoms with E-state index in [-0.39, 0.29) is 5.25 Å².